The molecule has 0 saturated carbocycles. The Labute approximate surface area is 96.5 Å². The van der Waals surface area contributed by atoms with Gasteiger partial charge in [0.2, 0.25) is 0 Å². The number of aromatic nitrogens is 1. The van der Waals surface area contributed by atoms with Crippen LogP contribution in [0, 0.1) is 0 Å². The van der Waals surface area contributed by atoms with Gasteiger partial charge in [-0.3, -0.25) is 9.59 Å². The third-order valence-electron chi connectivity index (χ3n) is 2.62. The lowest BCUT2D eigenvalue weighted by Crippen LogP contribution is -2.23. The molecule has 1 heterocycles. The van der Waals surface area contributed by atoms with Crippen LogP contribution in [0.5, 0.6) is 5.75 Å². The normalized spacial score (nSPS) is 10.6. The van der Waals surface area contributed by atoms with Gasteiger partial charge in [0.25, 0.3) is 5.56 Å². The van der Waals surface area contributed by atoms with Crippen LogP contribution in [0.1, 0.15) is 5.56 Å². The molecule has 0 aliphatic rings. The Morgan fingerprint density at radius 1 is 1.35 bits per heavy atom. The van der Waals surface area contributed by atoms with Crippen molar-refractivity contribution in [2.24, 2.45) is 7.05 Å². The van der Waals surface area contributed by atoms with E-state index in [4.69, 9.17) is 5.11 Å². The van der Waals surface area contributed by atoms with E-state index in [1.165, 1.54) is 22.8 Å². The predicted octanol–water partition coefficient (Wildman–Crippen LogP) is 0.871. The molecule has 0 aliphatic carbocycles. The highest BCUT2D eigenvalue weighted by Gasteiger charge is 2.10. The van der Waals surface area contributed by atoms with E-state index in [2.05, 4.69) is 0 Å². The summed E-state index contributed by atoms with van der Waals surface area (Å²) in [5.41, 5.74) is 0.533. The highest BCUT2D eigenvalue weighted by Crippen LogP contribution is 2.19. The van der Waals surface area contributed by atoms with Gasteiger partial charge in [-0.15, -0.1) is 0 Å². The minimum atomic E-state index is -1.05. The summed E-state index contributed by atoms with van der Waals surface area (Å²) in [7, 11) is 1.58. The number of benzene rings is 1. The van der Waals surface area contributed by atoms with E-state index in [1.807, 2.05) is 0 Å². The minimum Gasteiger partial charge on any atom is -0.508 e. The van der Waals surface area contributed by atoms with Crippen LogP contribution in [0.3, 0.4) is 0 Å². The highest BCUT2D eigenvalue weighted by atomic mass is 16.4. The van der Waals surface area contributed by atoms with E-state index in [1.54, 1.807) is 13.1 Å². The summed E-state index contributed by atoms with van der Waals surface area (Å²) >= 11 is 0. The van der Waals surface area contributed by atoms with Crippen molar-refractivity contribution >= 4 is 16.9 Å². The van der Waals surface area contributed by atoms with Gasteiger partial charge in [-0.2, -0.15) is 0 Å². The molecule has 1 aromatic heterocycles. The topological polar surface area (TPSA) is 79.5 Å². The van der Waals surface area contributed by atoms with Crippen molar-refractivity contribution in [3.8, 4) is 5.75 Å². The molecule has 17 heavy (non-hydrogen) atoms. The van der Waals surface area contributed by atoms with Gasteiger partial charge in [-0.25, -0.2) is 0 Å². The van der Waals surface area contributed by atoms with Crippen molar-refractivity contribution in [3.63, 3.8) is 0 Å². The fourth-order valence-corrected chi connectivity index (χ4v) is 1.83. The third kappa shape index (κ3) is 1.99. The standard InChI is InChI=1S/C12H11NO4/c1-13-10-3-2-9(14)5-7(10)4-8(12(13)17)6-11(15)16/h2-5,14H,6H2,1H3,(H,15,16). The van der Waals surface area contributed by atoms with Crippen LogP contribution in [-0.2, 0) is 18.3 Å². The Morgan fingerprint density at radius 3 is 2.71 bits per heavy atom. The maximum atomic E-state index is 11.8. The number of aliphatic carboxylic acids is 1. The number of hydrogen-bond acceptors (Lipinski definition) is 3. The number of fused-ring (bicyclic) bond motifs is 1. The van der Waals surface area contributed by atoms with E-state index in [9.17, 15) is 14.7 Å². The van der Waals surface area contributed by atoms with E-state index >= 15 is 0 Å². The molecule has 1 aromatic carbocycles. The molecule has 0 aliphatic heterocycles. The van der Waals surface area contributed by atoms with Gasteiger partial charge >= 0.3 is 5.97 Å². The monoisotopic (exact) mass is 233 g/mol. The van der Waals surface area contributed by atoms with Gasteiger partial charge in [0.15, 0.2) is 0 Å². The van der Waals surface area contributed by atoms with Crippen molar-refractivity contribution < 1.29 is 15.0 Å². The number of carboxylic acid groups (broad SMARTS) is 1. The average molecular weight is 233 g/mol. The first kappa shape index (κ1) is 11.2. The lowest BCUT2D eigenvalue weighted by atomic mass is 10.1. The van der Waals surface area contributed by atoms with Crippen LogP contribution >= 0.6 is 0 Å². The van der Waals surface area contributed by atoms with Gasteiger partial charge in [-0.05, 0) is 24.3 Å². The Bertz CT molecular complexity index is 657. The van der Waals surface area contributed by atoms with Crippen molar-refractivity contribution in [3.05, 3.63) is 40.2 Å². The Balaban J connectivity index is 2.75. The zero-order chi connectivity index (χ0) is 12.6. The molecule has 0 bridgehead atoms. The summed E-state index contributed by atoms with van der Waals surface area (Å²) < 4.78 is 1.38. The molecule has 0 saturated heterocycles. The molecule has 5 nitrogen and oxygen atoms in total. The largest absolute Gasteiger partial charge is 0.508 e. The second kappa shape index (κ2) is 3.93. The van der Waals surface area contributed by atoms with Crippen molar-refractivity contribution in [2.75, 3.05) is 0 Å². The summed E-state index contributed by atoms with van der Waals surface area (Å²) in [4.78, 5) is 22.5. The highest BCUT2D eigenvalue weighted by molar-refractivity contribution is 5.82. The predicted molar refractivity (Wildman–Crippen MR) is 62.2 cm³/mol. The van der Waals surface area contributed by atoms with Crippen LogP contribution in [-0.4, -0.2) is 20.7 Å². The Kier molecular flexibility index (Phi) is 2.59. The van der Waals surface area contributed by atoms with Crippen LogP contribution in [0.2, 0.25) is 0 Å². The number of carboxylic acids is 1. The molecule has 2 rings (SSSR count). The zero-order valence-corrected chi connectivity index (χ0v) is 9.17. The number of aromatic hydroxyl groups is 1. The molecule has 88 valence electrons. The second-order valence-electron chi connectivity index (χ2n) is 3.85. The molecular formula is C12H11NO4. The molecule has 0 unspecified atom stereocenters. The van der Waals surface area contributed by atoms with Crippen molar-refractivity contribution in [1.82, 2.24) is 4.57 Å². The van der Waals surface area contributed by atoms with Gasteiger partial charge in [-0.1, -0.05) is 0 Å². The molecule has 0 radical (unpaired) electrons. The number of hydrogen-bond donors (Lipinski definition) is 2. The van der Waals surface area contributed by atoms with E-state index < -0.39 is 5.97 Å². The van der Waals surface area contributed by atoms with Crippen LogP contribution in [0.4, 0.5) is 0 Å². The number of carbonyl (C=O) groups is 1. The number of nitrogens with zero attached hydrogens (tertiary/aromatic N) is 1. The maximum Gasteiger partial charge on any atom is 0.308 e. The lowest BCUT2D eigenvalue weighted by molar-refractivity contribution is -0.136. The summed E-state index contributed by atoms with van der Waals surface area (Å²) in [6.45, 7) is 0. The first-order valence-electron chi connectivity index (χ1n) is 5.02. The van der Waals surface area contributed by atoms with E-state index in [-0.39, 0.29) is 23.3 Å². The first-order valence-corrected chi connectivity index (χ1v) is 5.02. The Morgan fingerprint density at radius 2 is 2.06 bits per heavy atom. The molecule has 5 heteroatoms. The summed E-state index contributed by atoms with van der Waals surface area (Å²) in [5.74, 6) is -0.973. The van der Waals surface area contributed by atoms with E-state index in [0.29, 0.717) is 10.9 Å². The summed E-state index contributed by atoms with van der Waals surface area (Å²) in [5, 5.41) is 18.7. The van der Waals surface area contributed by atoms with Gasteiger partial charge < -0.3 is 14.8 Å². The molecular weight excluding hydrogens is 222 g/mol. The number of aryl methyl sites for hydroxylation is 1. The molecule has 0 spiro atoms. The fourth-order valence-electron chi connectivity index (χ4n) is 1.83. The van der Waals surface area contributed by atoms with Crippen LogP contribution < -0.4 is 5.56 Å². The summed E-state index contributed by atoms with van der Waals surface area (Å²) in [6.07, 6.45) is -0.321. The van der Waals surface area contributed by atoms with E-state index in [0.717, 1.165) is 0 Å². The number of phenolic OH excluding ortho intramolecular Hbond substituents is 1. The Hall–Kier alpha value is -2.30. The van der Waals surface area contributed by atoms with Gasteiger partial charge in [0, 0.05) is 18.0 Å². The fraction of sp³-hybridized carbons (Fsp3) is 0.167. The van der Waals surface area contributed by atoms with Gasteiger partial charge in [0.05, 0.1) is 11.9 Å². The van der Waals surface area contributed by atoms with Crippen molar-refractivity contribution in [2.45, 2.75) is 6.42 Å². The third-order valence-corrected chi connectivity index (χ3v) is 2.62. The molecule has 2 aromatic rings. The minimum absolute atomic E-state index is 0.0809. The first-order chi connectivity index (χ1) is 7.99. The molecule has 0 atom stereocenters. The number of rotatable bonds is 2. The quantitative estimate of drug-likeness (QED) is 0.806. The molecule has 2 N–H and O–H groups in total. The molecule has 0 fully saturated rings. The van der Waals surface area contributed by atoms with Crippen LogP contribution in [0.25, 0.3) is 10.9 Å². The van der Waals surface area contributed by atoms with Crippen molar-refractivity contribution in [1.29, 1.82) is 0 Å². The second-order valence-corrected chi connectivity index (χ2v) is 3.85. The zero-order valence-electron chi connectivity index (χ0n) is 9.17. The lowest BCUT2D eigenvalue weighted by Gasteiger charge is -2.07. The SMILES string of the molecule is Cn1c(=O)c(CC(=O)O)cc2cc(O)ccc21. The number of phenols is 1. The molecule has 0 amide bonds. The van der Waals surface area contributed by atoms with Crippen LogP contribution in [0.15, 0.2) is 29.1 Å². The van der Waals surface area contributed by atoms with Gasteiger partial charge in [0.1, 0.15) is 5.75 Å². The summed E-state index contributed by atoms with van der Waals surface area (Å²) in [6, 6.07) is 6.11. The number of pyridine rings is 1. The maximum absolute atomic E-state index is 11.8. The average Bonchev–Trinajstić information content (AvgIpc) is 2.24. The smallest absolute Gasteiger partial charge is 0.308 e.